The summed E-state index contributed by atoms with van der Waals surface area (Å²) in [5, 5.41) is 45.7. The van der Waals surface area contributed by atoms with Crippen LogP contribution in [0.4, 0.5) is 0 Å². The van der Waals surface area contributed by atoms with Gasteiger partial charge in [0.2, 0.25) is 0 Å². The molecule has 0 aromatic rings. The maximum absolute atomic E-state index is 12.1. The molecule has 0 aromatic carbocycles. The second-order valence-electron chi connectivity index (χ2n) is 18.3. The molecule has 9 nitrogen and oxygen atoms in total. The molecule has 9 N–H and O–H groups in total. The van der Waals surface area contributed by atoms with Gasteiger partial charge in [0.05, 0.1) is 55.4 Å². The highest BCUT2D eigenvalue weighted by Gasteiger charge is 2.57. The fourth-order valence-corrected chi connectivity index (χ4v) is 13.0. The molecule has 45 heavy (non-hydrogen) atoms. The first-order valence-corrected chi connectivity index (χ1v) is 19.6. The van der Waals surface area contributed by atoms with Gasteiger partial charge in [0, 0.05) is 5.92 Å². The summed E-state index contributed by atoms with van der Waals surface area (Å²) in [4.78, 5) is 0. The molecule has 5 aliphatic heterocycles. The summed E-state index contributed by atoms with van der Waals surface area (Å²) < 4.78 is 0. The molecule has 8 bridgehead atoms. The molecule has 0 aromatic heterocycles. The second kappa shape index (κ2) is 11.9. The molecule has 0 radical (unpaired) electrons. The fourth-order valence-electron chi connectivity index (χ4n) is 13.0. The zero-order valence-corrected chi connectivity index (χ0v) is 28.2. The lowest BCUT2D eigenvalue weighted by atomic mass is 9.63. The first-order chi connectivity index (χ1) is 21.8. The van der Waals surface area contributed by atoms with Crippen molar-refractivity contribution in [2.45, 2.75) is 166 Å². The molecule has 5 saturated heterocycles. The van der Waals surface area contributed by atoms with Crippen molar-refractivity contribution in [3.63, 3.8) is 0 Å². The van der Waals surface area contributed by atoms with Crippen LogP contribution in [0.15, 0.2) is 0 Å². The Bertz CT molecular complexity index is 1070. The molecule has 5 heterocycles. The van der Waals surface area contributed by atoms with Gasteiger partial charge in [-0.1, -0.05) is 59.3 Å². The van der Waals surface area contributed by atoms with Gasteiger partial charge in [-0.15, -0.1) is 0 Å². The Hall–Kier alpha value is -0.360. The molecular weight excluding hydrogens is 560 g/mol. The van der Waals surface area contributed by atoms with Crippen molar-refractivity contribution in [1.82, 2.24) is 42.5 Å². The maximum atomic E-state index is 12.1. The Kier molecular flexibility index (Phi) is 8.12. The minimum absolute atomic E-state index is 0.105. The Morgan fingerprint density at radius 3 is 0.978 bits per heavy atom. The molecule has 18 atom stereocenters. The van der Waals surface area contributed by atoms with Crippen LogP contribution in [0.2, 0.25) is 0 Å². The Labute approximate surface area is 272 Å². The van der Waals surface area contributed by atoms with E-state index in [4.69, 9.17) is 0 Å². The molecule has 254 valence electrons. The first kappa shape index (κ1) is 30.7. The van der Waals surface area contributed by atoms with E-state index in [9.17, 15) is 5.11 Å². The highest BCUT2D eigenvalue weighted by molar-refractivity contribution is 5.10. The number of rotatable bonds is 0. The van der Waals surface area contributed by atoms with Crippen LogP contribution in [0.5, 0.6) is 0 Å². The minimum Gasteiger partial charge on any atom is -0.392 e. The van der Waals surface area contributed by atoms with Crippen molar-refractivity contribution in [2.75, 3.05) is 0 Å². The Morgan fingerprint density at radius 1 is 0.378 bits per heavy atom. The molecule has 9 fully saturated rings. The summed E-state index contributed by atoms with van der Waals surface area (Å²) in [6.07, 6.45) is 20.4. The molecule has 4 saturated carbocycles. The van der Waals surface area contributed by atoms with Gasteiger partial charge in [-0.2, -0.15) is 0 Å². The Morgan fingerprint density at radius 2 is 0.667 bits per heavy atom. The summed E-state index contributed by atoms with van der Waals surface area (Å²) in [6.45, 7) is 7.01. The molecule has 9 rings (SSSR count). The van der Waals surface area contributed by atoms with Crippen molar-refractivity contribution in [2.24, 2.45) is 58.7 Å². The summed E-state index contributed by atoms with van der Waals surface area (Å²) in [6, 6.07) is 0. The van der Waals surface area contributed by atoms with E-state index in [1.807, 2.05) is 0 Å². The first-order valence-electron chi connectivity index (χ1n) is 19.6. The predicted molar refractivity (Wildman–Crippen MR) is 177 cm³/mol. The smallest absolute Gasteiger partial charge is 0.0653 e. The van der Waals surface area contributed by atoms with E-state index in [1.54, 1.807) is 0 Å². The standard InChI is InChI=1S/C36H64N8O/c1-36(2,3)25-17-16-24-26(27(25)45)35-43-33-23-15-9-8-14-22(23)31(41-33)39-29-19-11-5-4-10-18(19)28(37-29)38-30-20-12-6-7-13-21(20)32(40-30)42-34(24)44-35/h18-35,37-45H,4-17H2,1-3H3. The van der Waals surface area contributed by atoms with Gasteiger partial charge in [0.25, 0.3) is 0 Å². The van der Waals surface area contributed by atoms with Crippen LogP contribution in [0.3, 0.4) is 0 Å². The number of fused-ring (bicyclic) bond motifs is 20. The van der Waals surface area contributed by atoms with Crippen LogP contribution < -0.4 is 42.5 Å². The third kappa shape index (κ3) is 5.29. The molecule has 9 aliphatic rings. The zero-order valence-electron chi connectivity index (χ0n) is 28.2. The van der Waals surface area contributed by atoms with Crippen LogP contribution in [-0.4, -0.2) is 60.5 Å². The SMILES string of the molecule is CC(C)(C)C1CCC2C3NC4NC(NC5NC(NC6NC(NC(N3)C2C1O)C1CCCCC61)C1CCCCC51)C1CCCCC41. The van der Waals surface area contributed by atoms with Gasteiger partial charge in [-0.25, -0.2) is 0 Å². The van der Waals surface area contributed by atoms with E-state index in [2.05, 4.69) is 63.3 Å². The van der Waals surface area contributed by atoms with Gasteiger partial charge in [-0.3, -0.25) is 42.5 Å². The van der Waals surface area contributed by atoms with E-state index < -0.39 is 0 Å². The van der Waals surface area contributed by atoms with Gasteiger partial charge in [0.1, 0.15) is 0 Å². The summed E-state index contributed by atoms with van der Waals surface area (Å²) in [5.41, 5.74) is 0.106. The third-order valence-corrected chi connectivity index (χ3v) is 15.1. The maximum Gasteiger partial charge on any atom is 0.0653 e. The summed E-state index contributed by atoms with van der Waals surface area (Å²) in [7, 11) is 0. The number of nitrogens with one attached hydrogen (secondary N) is 8. The van der Waals surface area contributed by atoms with E-state index in [0.717, 1.165) is 6.42 Å². The quantitative estimate of drug-likeness (QED) is 0.201. The second-order valence-corrected chi connectivity index (χ2v) is 18.3. The summed E-state index contributed by atoms with van der Waals surface area (Å²) in [5.74, 6) is 5.02. The van der Waals surface area contributed by atoms with Gasteiger partial charge in [-0.05, 0) is 104 Å². The largest absolute Gasteiger partial charge is 0.392 e. The molecule has 4 aliphatic carbocycles. The van der Waals surface area contributed by atoms with Crippen molar-refractivity contribution in [1.29, 1.82) is 0 Å². The van der Waals surface area contributed by atoms with Crippen molar-refractivity contribution in [3.8, 4) is 0 Å². The van der Waals surface area contributed by atoms with Crippen molar-refractivity contribution >= 4 is 0 Å². The number of hydrogen-bond donors (Lipinski definition) is 9. The average Bonchev–Trinajstić information content (AvgIpc) is 3.76. The predicted octanol–water partition coefficient (Wildman–Crippen LogP) is 2.85. The highest BCUT2D eigenvalue weighted by Crippen LogP contribution is 2.49. The number of aliphatic hydroxyl groups is 1. The average molecular weight is 625 g/mol. The van der Waals surface area contributed by atoms with Gasteiger partial charge in [0.15, 0.2) is 0 Å². The number of aliphatic hydroxyl groups excluding tert-OH is 1. The third-order valence-electron chi connectivity index (χ3n) is 15.1. The molecule has 18 unspecified atom stereocenters. The molecular formula is C36H64N8O. The van der Waals surface area contributed by atoms with E-state index in [1.165, 1.54) is 83.5 Å². The molecule has 0 amide bonds. The topological polar surface area (TPSA) is 116 Å². The van der Waals surface area contributed by atoms with Crippen LogP contribution in [0.25, 0.3) is 0 Å². The van der Waals surface area contributed by atoms with Gasteiger partial charge < -0.3 is 5.11 Å². The summed E-state index contributed by atoms with van der Waals surface area (Å²) >= 11 is 0. The van der Waals surface area contributed by atoms with Crippen molar-refractivity contribution in [3.05, 3.63) is 0 Å². The van der Waals surface area contributed by atoms with Gasteiger partial charge >= 0.3 is 0 Å². The lowest BCUT2D eigenvalue weighted by molar-refractivity contribution is -0.0586. The monoisotopic (exact) mass is 625 g/mol. The highest BCUT2D eigenvalue weighted by atomic mass is 16.3. The lowest BCUT2D eigenvalue weighted by Gasteiger charge is -2.46. The molecule has 0 spiro atoms. The zero-order chi connectivity index (χ0) is 30.4. The van der Waals surface area contributed by atoms with Crippen LogP contribution in [0.1, 0.15) is 111 Å². The normalized spacial score (nSPS) is 56.3. The van der Waals surface area contributed by atoms with E-state index in [0.29, 0.717) is 78.2 Å². The Balaban J connectivity index is 1.06. The van der Waals surface area contributed by atoms with E-state index >= 15 is 0 Å². The van der Waals surface area contributed by atoms with E-state index in [-0.39, 0.29) is 35.9 Å². The van der Waals surface area contributed by atoms with Crippen LogP contribution in [-0.2, 0) is 0 Å². The lowest BCUT2D eigenvalue weighted by Crippen LogP contribution is -2.62. The van der Waals surface area contributed by atoms with Crippen LogP contribution >= 0.6 is 0 Å². The van der Waals surface area contributed by atoms with Crippen molar-refractivity contribution < 1.29 is 5.11 Å². The molecule has 9 heteroatoms. The van der Waals surface area contributed by atoms with Crippen LogP contribution in [0, 0.1) is 58.7 Å². The fraction of sp³-hybridized carbons (Fsp3) is 1.00. The minimum atomic E-state index is -0.295. The number of hydrogen-bond acceptors (Lipinski definition) is 9.